The van der Waals surface area contributed by atoms with Gasteiger partial charge in [0.15, 0.2) is 23.0 Å². The van der Waals surface area contributed by atoms with Gasteiger partial charge in [0.05, 0.1) is 39.5 Å². The van der Waals surface area contributed by atoms with Gasteiger partial charge in [0, 0.05) is 11.8 Å². The van der Waals surface area contributed by atoms with Crippen LogP contribution in [0.3, 0.4) is 0 Å². The highest BCUT2D eigenvalue weighted by atomic mass is 16.7. The molecule has 2 heterocycles. The van der Waals surface area contributed by atoms with Crippen LogP contribution in [0.25, 0.3) is 0 Å². The van der Waals surface area contributed by atoms with Gasteiger partial charge in [-0.05, 0) is 47.9 Å². The minimum atomic E-state index is -1.27. The van der Waals surface area contributed by atoms with E-state index in [-0.39, 0.29) is 19.4 Å². The van der Waals surface area contributed by atoms with Gasteiger partial charge >= 0.3 is 5.97 Å². The van der Waals surface area contributed by atoms with Crippen molar-refractivity contribution in [2.24, 2.45) is 11.8 Å². The summed E-state index contributed by atoms with van der Waals surface area (Å²) in [7, 11) is 4.63. The highest BCUT2D eigenvalue weighted by molar-refractivity contribution is 5.79. The summed E-state index contributed by atoms with van der Waals surface area (Å²) in [6.45, 7) is 1.98. The number of cyclic esters (lactones) is 1. The summed E-state index contributed by atoms with van der Waals surface area (Å²) >= 11 is 0. The van der Waals surface area contributed by atoms with Gasteiger partial charge in [-0.15, -0.1) is 0 Å². The number of methoxy groups -OCH3 is 3. The van der Waals surface area contributed by atoms with E-state index in [4.69, 9.17) is 28.4 Å². The van der Waals surface area contributed by atoms with Crippen molar-refractivity contribution < 1.29 is 38.3 Å². The Hall–Kier alpha value is -3.13. The molecule has 2 aromatic rings. The SMILES string of the molecule is COc1cc([C@H]2c3cc4c(cc3[C@](C)(O)[C@H]3COC(=O)[C@H]23)OCO4)cc(OC)c1OC. The fourth-order valence-corrected chi connectivity index (χ4v) is 5.13. The summed E-state index contributed by atoms with van der Waals surface area (Å²) < 4.78 is 33.1. The standard InChI is InChI=1S/C23H24O8/c1-23(25)13-8-16-15(30-10-31-16)7-12(13)19(20-14(23)9-29-22(20)24)11-5-17(26-2)21(28-4)18(6-11)27-3/h5-8,14,19-20,25H,9-10H2,1-4H3/t14-,19-,20-,23-/m0/s1. The van der Waals surface area contributed by atoms with Crippen LogP contribution in [0.5, 0.6) is 28.7 Å². The van der Waals surface area contributed by atoms with E-state index in [0.717, 1.165) is 11.1 Å². The maximum absolute atomic E-state index is 12.9. The lowest BCUT2D eigenvalue weighted by Gasteiger charge is -2.43. The quantitative estimate of drug-likeness (QED) is 0.743. The molecule has 1 N–H and O–H groups in total. The third kappa shape index (κ3) is 2.74. The number of carbonyl (C=O) groups excluding carboxylic acids is 1. The molecule has 31 heavy (non-hydrogen) atoms. The lowest BCUT2D eigenvalue weighted by Crippen LogP contribution is -2.45. The third-order valence-electron chi connectivity index (χ3n) is 6.66. The number of benzene rings is 2. The Labute approximate surface area is 179 Å². The van der Waals surface area contributed by atoms with Crippen molar-refractivity contribution in [2.45, 2.75) is 18.4 Å². The molecule has 0 spiro atoms. The highest BCUT2D eigenvalue weighted by Gasteiger charge is 2.57. The highest BCUT2D eigenvalue weighted by Crippen LogP contribution is 2.57. The van der Waals surface area contributed by atoms with Gasteiger partial charge < -0.3 is 33.5 Å². The maximum Gasteiger partial charge on any atom is 0.310 e. The van der Waals surface area contributed by atoms with E-state index in [0.29, 0.717) is 34.3 Å². The predicted molar refractivity (Wildman–Crippen MR) is 108 cm³/mol. The molecule has 0 radical (unpaired) electrons. The van der Waals surface area contributed by atoms with E-state index in [2.05, 4.69) is 0 Å². The normalized spacial score (nSPS) is 27.9. The molecule has 0 aromatic heterocycles. The summed E-state index contributed by atoms with van der Waals surface area (Å²) in [5, 5.41) is 11.5. The second-order valence-corrected chi connectivity index (χ2v) is 8.14. The smallest absolute Gasteiger partial charge is 0.310 e. The maximum atomic E-state index is 12.9. The average molecular weight is 428 g/mol. The number of rotatable bonds is 4. The number of fused-ring (bicyclic) bond motifs is 3. The molecule has 164 valence electrons. The zero-order chi connectivity index (χ0) is 21.9. The minimum Gasteiger partial charge on any atom is -0.493 e. The number of carbonyl (C=O) groups is 1. The van der Waals surface area contributed by atoms with Crippen LogP contribution in [-0.2, 0) is 15.1 Å². The Morgan fingerprint density at radius 2 is 1.61 bits per heavy atom. The molecule has 2 aromatic carbocycles. The lowest BCUT2D eigenvalue weighted by atomic mass is 9.61. The first kappa shape index (κ1) is 19.8. The second-order valence-electron chi connectivity index (χ2n) is 8.14. The van der Waals surface area contributed by atoms with Crippen molar-refractivity contribution in [1.82, 2.24) is 0 Å². The number of ether oxygens (including phenoxy) is 6. The summed E-state index contributed by atoms with van der Waals surface area (Å²) in [4.78, 5) is 12.9. The van der Waals surface area contributed by atoms with Gasteiger partial charge in [0.1, 0.15) is 0 Å². The van der Waals surface area contributed by atoms with E-state index in [1.807, 2.05) is 24.3 Å². The number of hydrogen-bond acceptors (Lipinski definition) is 8. The van der Waals surface area contributed by atoms with Gasteiger partial charge in [-0.2, -0.15) is 0 Å². The molecule has 0 unspecified atom stereocenters. The monoisotopic (exact) mass is 428 g/mol. The molecule has 8 heteroatoms. The van der Waals surface area contributed by atoms with Gasteiger partial charge in [-0.25, -0.2) is 0 Å². The molecule has 1 saturated heterocycles. The van der Waals surface area contributed by atoms with Crippen LogP contribution in [0.2, 0.25) is 0 Å². The molecular weight excluding hydrogens is 404 g/mol. The van der Waals surface area contributed by atoms with Crippen molar-refractivity contribution in [2.75, 3.05) is 34.7 Å². The zero-order valence-corrected chi connectivity index (χ0v) is 17.8. The molecule has 8 nitrogen and oxygen atoms in total. The van der Waals surface area contributed by atoms with Gasteiger partial charge in [0.25, 0.3) is 0 Å². The average Bonchev–Trinajstić information content (AvgIpc) is 3.39. The van der Waals surface area contributed by atoms with Crippen molar-refractivity contribution in [3.63, 3.8) is 0 Å². The minimum absolute atomic E-state index is 0.115. The Morgan fingerprint density at radius 3 is 2.23 bits per heavy atom. The molecule has 4 atom stereocenters. The van der Waals surface area contributed by atoms with Crippen LogP contribution < -0.4 is 23.7 Å². The van der Waals surface area contributed by atoms with Crippen molar-refractivity contribution in [3.05, 3.63) is 41.0 Å². The largest absolute Gasteiger partial charge is 0.493 e. The summed E-state index contributed by atoms with van der Waals surface area (Å²) in [5.41, 5.74) is 0.988. The van der Waals surface area contributed by atoms with Crippen molar-refractivity contribution >= 4 is 5.97 Å². The molecule has 0 saturated carbocycles. The topological polar surface area (TPSA) is 92.7 Å². The number of esters is 1. The van der Waals surface area contributed by atoms with Crippen molar-refractivity contribution in [3.8, 4) is 28.7 Å². The number of aliphatic hydroxyl groups is 1. The first-order valence-corrected chi connectivity index (χ1v) is 10.0. The van der Waals surface area contributed by atoms with E-state index in [1.54, 1.807) is 21.1 Å². The summed E-state index contributed by atoms with van der Waals surface area (Å²) in [5.74, 6) is 0.850. The van der Waals surface area contributed by atoms with Gasteiger partial charge in [-0.1, -0.05) is 0 Å². The van der Waals surface area contributed by atoms with E-state index in [1.165, 1.54) is 7.11 Å². The molecule has 5 rings (SSSR count). The summed E-state index contributed by atoms with van der Waals surface area (Å²) in [6, 6.07) is 7.33. The Bertz CT molecular complexity index is 1030. The predicted octanol–water partition coefficient (Wildman–Crippen LogP) is 2.58. The number of hydrogen-bond donors (Lipinski definition) is 1. The van der Waals surface area contributed by atoms with Crippen LogP contribution in [0.15, 0.2) is 24.3 Å². The fourth-order valence-electron chi connectivity index (χ4n) is 5.13. The van der Waals surface area contributed by atoms with E-state index < -0.39 is 23.4 Å². The molecule has 0 bridgehead atoms. The third-order valence-corrected chi connectivity index (χ3v) is 6.66. The van der Waals surface area contributed by atoms with Crippen LogP contribution in [0.1, 0.15) is 29.5 Å². The molecule has 1 aliphatic carbocycles. The molecule has 2 aliphatic heterocycles. The van der Waals surface area contributed by atoms with E-state index >= 15 is 0 Å². The Balaban J connectivity index is 1.77. The second kappa shape index (κ2) is 6.95. The zero-order valence-electron chi connectivity index (χ0n) is 17.8. The first-order valence-electron chi connectivity index (χ1n) is 10.0. The van der Waals surface area contributed by atoms with Crippen LogP contribution in [-0.4, -0.2) is 45.8 Å². The lowest BCUT2D eigenvalue weighted by molar-refractivity contribution is -0.142. The fraction of sp³-hybridized carbons (Fsp3) is 0.435. The Kier molecular flexibility index (Phi) is 4.44. The molecule has 1 fully saturated rings. The van der Waals surface area contributed by atoms with Gasteiger partial charge in [-0.3, -0.25) is 4.79 Å². The van der Waals surface area contributed by atoms with Gasteiger partial charge in [0.2, 0.25) is 12.5 Å². The van der Waals surface area contributed by atoms with E-state index in [9.17, 15) is 9.90 Å². The molecule has 0 amide bonds. The Morgan fingerprint density at radius 1 is 0.968 bits per heavy atom. The van der Waals surface area contributed by atoms with Crippen molar-refractivity contribution in [1.29, 1.82) is 0 Å². The van der Waals surface area contributed by atoms with Crippen LogP contribution >= 0.6 is 0 Å². The molecule has 3 aliphatic rings. The van der Waals surface area contributed by atoms with Crippen LogP contribution in [0, 0.1) is 11.8 Å². The summed E-state index contributed by atoms with van der Waals surface area (Å²) in [6.07, 6.45) is 0. The first-order chi connectivity index (χ1) is 14.9. The molecular formula is C23H24O8. The van der Waals surface area contributed by atoms with Crippen LogP contribution in [0.4, 0.5) is 0 Å².